The summed E-state index contributed by atoms with van der Waals surface area (Å²) in [6.07, 6.45) is 72.6. The molecule has 0 aromatic rings. The molecular weight excluding hydrogens is 964 g/mol. The van der Waals surface area contributed by atoms with Crippen LogP contribution in [-0.2, 0) is 27.9 Å². The predicted molar refractivity (Wildman–Crippen MR) is 325 cm³/mol. The average molecular weight is 1080 g/mol. The zero-order valence-electron chi connectivity index (χ0n) is 50.2. The first-order valence-electron chi connectivity index (χ1n) is 31.4. The number of unbranched alkanes of at least 4 members (excludes halogenated alkanes) is 29. The molecule has 0 aliphatic carbocycles. The van der Waals surface area contributed by atoms with Gasteiger partial charge in [0.2, 0.25) is 5.91 Å². The lowest BCUT2D eigenvalue weighted by atomic mass is 10.0. The van der Waals surface area contributed by atoms with Crippen LogP contribution in [0.25, 0.3) is 0 Å². The summed E-state index contributed by atoms with van der Waals surface area (Å²) < 4.78 is 30.3. The first kappa shape index (κ1) is 73.2. The van der Waals surface area contributed by atoms with E-state index in [-0.39, 0.29) is 24.9 Å². The fourth-order valence-electron chi connectivity index (χ4n) is 8.67. The lowest BCUT2D eigenvalue weighted by molar-refractivity contribution is -0.870. The lowest BCUT2D eigenvalue weighted by Crippen LogP contribution is -2.47. The molecule has 0 heterocycles. The third-order valence-corrected chi connectivity index (χ3v) is 14.5. The monoisotopic (exact) mass is 1080 g/mol. The van der Waals surface area contributed by atoms with Gasteiger partial charge in [0.15, 0.2) is 0 Å². The molecule has 0 aliphatic rings. The SMILES string of the molecule is CCCCC/C=C\C/C=C\C/C=C\C/C=C\CCCCCCCCCC(=O)OC(/C=C\CCCCCCCCCCCC)C(COP(=O)([O-])OCC[N+](C)(C)C)NC(=O)CCCCCCCC/C=C/C=C/CCCCC. The van der Waals surface area contributed by atoms with Crippen LogP contribution in [0.2, 0.25) is 0 Å². The maximum absolute atomic E-state index is 13.5. The summed E-state index contributed by atoms with van der Waals surface area (Å²) in [5.41, 5.74) is 0. The van der Waals surface area contributed by atoms with Crippen molar-refractivity contribution in [2.45, 2.75) is 283 Å². The number of quaternary nitrogens is 1. The second kappa shape index (κ2) is 55.5. The molecule has 76 heavy (non-hydrogen) atoms. The summed E-state index contributed by atoms with van der Waals surface area (Å²) in [6.45, 7) is 6.77. The molecule has 0 saturated heterocycles. The Labute approximate surface area is 469 Å². The predicted octanol–water partition coefficient (Wildman–Crippen LogP) is 18.8. The summed E-state index contributed by atoms with van der Waals surface area (Å²) in [5.74, 6) is -0.567. The van der Waals surface area contributed by atoms with Gasteiger partial charge in [0.25, 0.3) is 7.82 Å². The van der Waals surface area contributed by atoms with Gasteiger partial charge in [-0.25, -0.2) is 0 Å². The van der Waals surface area contributed by atoms with Crippen LogP contribution in [-0.4, -0.2) is 69.4 Å². The second-order valence-corrected chi connectivity index (χ2v) is 23.6. The molecule has 10 heteroatoms. The van der Waals surface area contributed by atoms with Crippen molar-refractivity contribution in [2.24, 2.45) is 0 Å². The Bertz CT molecular complexity index is 1580. The van der Waals surface area contributed by atoms with E-state index >= 15 is 0 Å². The number of carbonyl (C=O) groups is 2. The molecule has 0 bridgehead atoms. The Morgan fingerprint density at radius 2 is 0.842 bits per heavy atom. The topological polar surface area (TPSA) is 114 Å². The van der Waals surface area contributed by atoms with Crippen molar-refractivity contribution in [1.82, 2.24) is 5.32 Å². The molecule has 0 radical (unpaired) electrons. The van der Waals surface area contributed by atoms with E-state index in [1.165, 1.54) is 116 Å². The molecule has 0 rings (SSSR count). The summed E-state index contributed by atoms with van der Waals surface area (Å²) in [4.78, 5) is 40.0. The molecule has 0 aromatic heterocycles. The van der Waals surface area contributed by atoms with E-state index in [9.17, 15) is 19.0 Å². The number of phosphoric acid groups is 1. The van der Waals surface area contributed by atoms with E-state index in [2.05, 4.69) is 99.0 Å². The van der Waals surface area contributed by atoms with E-state index < -0.39 is 26.6 Å². The van der Waals surface area contributed by atoms with E-state index in [1.54, 1.807) is 0 Å². The summed E-state index contributed by atoms with van der Waals surface area (Å²) >= 11 is 0. The van der Waals surface area contributed by atoms with Crippen LogP contribution in [0.1, 0.15) is 271 Å². The molecule has 0 aromatic carbocycles. The van der Waals surface area contributed by atoms with E-state index in [0.717, 1.165) is 116 Å². The van der Waals surface area contributed by atoms with Crippen molar-refractivity contribution in [3.8, 4) is 0 Å². The van der Waals surface area contributed by atoms with Crippen molar-refractivity contribution < 1.29 is 37.3 Å². The summed E-state index contributed by atoms with van der Waals surface area (Å²) in [5, 5.41) is 3.02. The molecule has 0 saturated carbocycles. The first-order chi connectivity index (χ1) is 36.9. The van der Waals surface area contributed by atoms with Gasteiger partial charge in [-0.05, 0) is 102 Å². The molecule has 440 valence electrons. The van der Waals surface area contributed by atoms with E-state index in [1.807, 2.05) is 33.3 Å². The number of hydrogen-bond acceptors (Lipinski definition) is 7. The smallest absolute Gasteiger partial charge is 0.306 e. The number of esters is 1. The van der Waals surface area contributed by atoms with E-state index in [4.69, 9.17) is 13.8 Å². The van der Waals surface area contributed by atoms with Gasteiger partial charge in [-0.15, -0.1) is 0 Å². The van der Waals surface area contributed by atoms with Crippen molar-refractivity contribution in [3.05, 3.63) is 85.1 Å². The minimum atomic E-state index is -4.71. The normalized spacial score (nSPS) is 14.2. The van der Waals surface area contributed by atoms with Crippen LogP contribution < -0.4 is 10.2 Å². The van der Waals surface area contributed by atoms with Crippen molar-refractivity contribution in [1.29, 1.82) is 0 Å². The molecule has 0 aliphatic heterocycles. The van der Waals surface area contributed by atoms with Gasteiger partial charge in [0.1, 0.15) is 19.3 Å². The van der Waals surface area contributed by atoms with Gasteiger partial charge in [0.05, 0.1) is 33.8 Å². The van der Waals surface area contributed by atoms with Crippen LogP contribution in [0.3, 0.4) is 0 Å². The number of allylic oxidation sites excluding steroid dienone is 13. The minimum Gasteiger partial charge on any atom is -0.756 e. The number of phosphoric ester groups is 1. The van der Waals surface area contributed by atoms with Crippen molar-refractivity contribution in [3.63, 3.8) is 0 Å². The number of nitrogens with one attached hydrogen (secondary N) is 1. The average Bonchev–Trinajstić information content (AvgIpc) is 3.38. The number of hydrogen-bond donors (Lipinski definition) is 1. The van der Waals surface area contributed by atoms with Gasteiger partial charge in [-0.3, -0.25) is 14.2 Å². The molecule has 1 amide bonds. The lowest BCUT2D eigenvalue weighted by Gasteiger charge is -2.30. The molecule has 3 atom stereocenters. The Morgan fingerprint density at radius 1 is 0.474 bits per heavy atom. The summed E-state index contributed by atoms with van der Waals surface area (Å²) in [7, 11) is 1.16. The van der Waals surface area contributed by atoms with Crippen molar-refractivity contribution in [2.75, 3.05) is 40.9 Å². The van der Waals surface area contributed by atoms with Gasteiger partial charge >= 0.3 is 5.97 Å². The number of ether oxygens (including phenoxy) is 1. The highest BCUT2D eigenvalue weighted by molar-refractivity contribution is 7.45. The minimum absolute atomic E-state index is 0.0299. The number of amides is 1. The first-order valence-corrected chi connectivity index (χ1v) is 32.9. The Balaban J connectivity index is 5.25. The van der Waals surface area contributed by atoms with Crippen LogP contribution in [0, 0.1) is 0 Å². The van der Waals surface area contributed by atoms with Crippen LogP contribution in [0.5, 0.6) is 0 Å². The maximum atomic E-state index is 13.5. The highest BCUT2D eigenvalue weighted by Crippen LogP contribution is 2.38. The fourth-order valence-corrected chi connectivity index (χ4v) is 9.40. The van der Waals surface area contributed by atoms with Gasteiger partial charge in [-0.1, -0.05) is 241 Å². The summed E-state index contributed by atoms with van der Waals surface area (Å²) in [6, 6.07) is -0.903. The van der Waals surface area contributed by atoms with E-state index in [0.29, 0.717) is 23.9 Å². The third kappa shape index (κ3) is 55.9. The largest absolute Gasteiger partial charge is 0.756 e. The number of rotatable bonds is 56. The van der Waals surface area contributed by atoms with Gasteiger partial charge < -0.3 is 28.5 Å². The van der Waals surface area contributed by atoms with Crippen molar-refractivity contribution >= 4 is 19.7 Å². The molecule has 0 fully saturated rings. The number of carbonyl (C=O) groups excluding carboxylic acids is 2. The van der Waals surface area contributed by atoms with Gasteiger partial charge in [0, 0.05) is 12.8 Å². The quantitative estimate of drug-likeness (QED) is 0.0161. The van der Waals surface area contributed by atoms with Gasteiger partial charge in [-0.2, -0.15) is 0 Å². The Kier molecular flexibility index (Phi) is 53.5. The highest BCUT2D eigenvalue weighted by atomic mass is 31.2. The molecule has 0 spiro atoms. The molecular formula is C66H119N2O7P. The third-order valence-electron chi connectivity index (χ3n) is 13.6. The molecule has 9 nitrogen and oxygen atoms in total. The fraction of sp³-hybridized carbons (Fsp3) is 0.758. The zero-order valence-corrected chi connectivity index (χ0v) is 51.1. The van der Waals surface area contributed by atoms with Crippen LogP contribution >= 0.6 is 7.82 Å². The molecule has 3 unspecified atom stereocenters. The highest BCUT2D eigenvalue weighted by Gasteiger charge is 2.27. The maximum Gasteiger partial charge on any atom is 0.306 e. The standard InChI is InChI=1S/C66H119N2O7P/c1-7-10-13-16-19-22-25-28-30-31-32-33-34-35-36-37-39-41-44-47-50-53-56-59-66(70)75-64(57-54-51-48-45-42-27-24-21-18-15-12-9-3)63(62-74-76(71,72)73-61-60-68(4,5)6)67-65(69)58-55-52-49-46-43-40-38-29-26-23-20-17-14-11-8-2/h19-20,22-23,26,28-30,32-33,35-36,54,57,63-64H,7-18,21,24-25,27,31,34,37-53,55-56,58-62H2,1-6H3,(H-,67,69,71,72)/b22-19-,23-20+,29-26+,30-28-,33-32-,36-35-,57-54-. The Hall–Kier alpha value is -2.81. The van der Waals surface area contributed by atoms with Crippen LogP contribution in [0.15, 0.2) is 85.1 Å². The molecule has 1 N–H and O–H groups in total. The van der Waals surface area contributed by atoms with Crippen LogP contribution in [0.4, 0.5) is 0 Å². The number of nitrogens with zero attached hydrogens (tertiary/aromatic N) is 1. The Morgan fingerprint density at radius 3 is 1.30 bits per heavy atom. The zero-order chi connectivity index (χ0) is 55.7. The second-order valence-electron chi connectivity index (χ2n) is 22.2. The number of likely N-dealkylation sites (N-methyl/N-ethyl adjacent to an activating group) is 1.